The number of para-hydroxylation sites is 1. The summed E-state index contributed by atoms with van der Waals surface area (Å²) in [5, 5.41) is 0. The van der Waals surface area contributed by atoms with Crippen molar-refractivity contribution in [3.8, 4) is 17.2 Å². The van der Waals surface area contributed by atoms with Gasteiger partial charge in [-0.25, -0.2) is 0 Å². The van der Waals surface area contributed by atoms with Crippen molar-refractivity contribution in [3.63, 3.8) is 0 Å². The fourth-order valence-corrected chi connectivity index (χ4v) is 3.62. The number of aryl methyl sites for hydroxylation is 1. The summed E-state index contributed by atoms with van der Waals surface area (Å²) in [4.78, 5) is 17.6. The molecule has 0 aliphatic rings. The van der Waals surface area contributed by atoms with Gasteiger partial charge in [-0.15, -0.1) is 0 Å². The average Bonchev–Trinajstić information content (AvgIpc) is 2.96. The summed E-state index contributed by atoms with van der Waals surface area (Å²) >= 11 is 1.46. The Morgan fingerprint density at radius 2 is 1.72 bits per heavy atom. The number of benzene rings is 2. The van der Waals surface area contributed by atoms with Crippen LogP contribution >= 0.6 is 11.3 Å². The molecule has 1 heterocycles. The number of amides is 1. The number of hydrogen-bond acceptors (Lipinski definition) is 5. The predicted octanol–water partition coefficient (Wildman–Crippen LogP) is 3.01. The predicted molar refractivity (Wildman–Crippen MR) is 96.8 cm³/mol. The molecule has 3 aromatic rings. The fraction of sp³-hybridized carbons (Fsp3) is 0.222. The highest BCUT2D eigenvalue weighted by molar-refractivity contribution is 7.16. The zero-order valence-electron chi connectivity index (χ0n) is 14.4. The van der Waals surface area contributed by atoms with E-state index in [1.54, 1.807) is 12.1 Å². The molecular formula is C18H18N2O4S. The minimum atomic E-state index is -0.403. The van der Waals surface area contributed by atoms with E-state index in [1.807, 2.05) is 35.9 Å². The topological polar surface area (TPSA) is 62.0 Å². The first-order valence-electron chi connectivity index (χ1n) is 7.53. The Morgan fingerprint density at radius 3 is 2.36 bits per heavy atom. The molecule has 0 atom stereocenters. The minimum absolute atomic E-state index is 0.305. The maximum Gasteiger partial charge on any atom is 0.283 e. The number of ether oxygens (including phenoxy) is 3. The average molecular weight is 358 g/mol. The van der Waals surface area contributed by atoms with E-state index < -0.39 is 5.91 Å². The second-order valence-corrected chi connectivity index (χ2v) is 6.22. The summed E-state index contributed by atoms with van der Waals surface area (Å²) in [6.07, 6.45) is 0. The highest BCUT2D eigenvalue weighted by Gasteiger charge is 2.20. The Balaban J connectivity index is 2.13. The Morgan fingerprint density at radius 1 is 1.00 bits per heavy atom. The molecule has 0 radical (unpaired) electrons. The number of carbonyl (C=O) groups is 1. The number of hydrogen-bond donors (Lipinski definition) is 0. The molecule has 130 valence electrons. The third-order valence-electron chi connectivity index (χ3n) is 3.85. The molecular weight excluding hydrogens is 340 g/mol. The van der Waals surface area contributed by atoms with Crippen molar-refractivity contribution in [1.29, 1.82) is 0 Å². The minimum Gasteiger partial charge on any atom is -0.493 e. The Kier molecular flexibility index (Phi) is 4.76. The van der Waals surface area contributed by atoms with Crippen molar-refractivity contribution in [2.45, 2.75) is 0 Å². The molecule has 0 saturated heterocycles. The van der Waals surface area contributed by atoms with Gasteiger partial charge in [-0.05, 0) is 24.3 Å². The lowest BCUT2D eigenvalue weighted by Crippen LogP contribution is -2.14. The van der Waals surface area contributed by atoms with Crippen LogP contribution in [0.15, 0.2) is 41.4 Å². The highest BCUT2D eigenvalue weighted by atomic mass is 32.1. The van der Waals surface area contributed by atoms with Crippen LogP contribution in [0.1, 0.15) is 10.4 Å². The molecule has 7 heteroatoms. The number of carbonyl (C=O) groups excluding carboxylic acids is 1. The van der Waals surface area contributed by atoms with Gasteiger partial charge in [0.15, 0.2) is 16.3 Å². The standard InChI is InChI=1S/C18H18N2O4S/c1-20-12-7-5-6-8-14(12)25-18(20)19-17(21)11-9-10-13(22-2)16(24-4)15(11)23-3/h5-10H,1-4H3. The van der Waals surface area contributed by atoms with Crippen molar-refractivity contribution < 1.29 is 19.0 Å². The summed E-state index contributed by atoms with van der Waals surface area (Å²) in [5.74, 6) is 0.759. The zero-order chi connectivity index (χ0) is 18.0. The normalized spacial score (nSPS) is 11.6. The van der Waals surface area contributed by atoms with Crippen molar-refractivity contribution >= 4 is 27.5 Å². The molecule has 0 unspecified atom stereocenters. The number of thiazole rings is 1. The number of methoxy groups -OCH3 is 3. The van der Waals surface area contributed by atoms with E-state index in [-0.39, 0.29) is 0 Å². The van der Waals surface area contributed by atoms with E-state index in [1.165, 1.54) is 32.7 Å². The molecule has 1 aromatic heterocycles. The Bertz CT molecular complexity index is 1000. The third kappa shape index (κ3) is 2.98. The maximum atomic E-state index is 12.7. The Labute approximate surface area is 148 Å². The molecule has 0 bridgehead atoms. The number of aromatic nitrogens is 1. The number of rotatable bonds is 4. The molecule has 0 fully saturated rings. The van der Waals surface area contributed by atoms with Gasteiger partial charge in [-0.2, -0.15) is 4.99 Å². The third-order valence-corrected chi connectivity index (χ3v) is 4.96. The van der Waals surface area contributed by atoms with Gasteiger partial charge < -0.3 is 18.8 Å². The second kappa shape index (κ2) is 6.98. The first-order chi connectivity index (χ1) is 12.1. The second-order valence-electron chi connectivity index (χ2n) is 5.21. The largest absolute Gasteiger partial charge is 0.493 e. The van der Waals surface area contributed by atoms with Crippen LogP contribution in [-0.4, -0.2) is 31.8 Å². The van der Waals surface area contributed by atoms with Gasteiger partial charge >= 0.3 is 0 Å². The molecule has 25 heavy (non-hydrogen) atoms. The molecule has 1 amide bonds. The molecule has 0 aliphatic heterocycles. The van der Waals surface area contributed by atoms with Gasteiger partial charge in [0.05, 0.1) is 37.1 Å². The molecule has 0 aliphatic carbocycles. The van der Waals surface area contributed by atoms with Crippen LogP contribution < -0.4 is 19.0 Å². The van der Waals surface area contributed by atoms with E-state index >= 15 is 0 Å². The van der Waals surface area contributed by atoms with E-state index in [0.717, 1.165) is 10.2 Å². The van der Waals surface area contributed by atoms with Crippen molar-refractivity contribution in [2.75, 3.05) is 21.3 Å². The van der Waals surface area contributed by atoms with Crippen LogP contribution in [0.5, 0.6) is 17.2 Å². The van der Waals surface area contributed by atoms with Crippen LogP contribution in [0.25, 0.3) is 10.2 Å². The summed E-state index contributed by atoms with van der Waals surface area (Å²) in [5.41, 5.74) is 1.34. The molecule has 6 nitrogen and oxygen atoms in total. The SMILES string of the molecule is COc1ccc(C(=O)N=c2sc3ccccc3n2C)c(OC)c1OC. The first kappa shape index (κ1) is 17.0. The van der Waals surface area contributed by atoms with Crippen LogP contribution in [0.4, 0.5) is 0 Å². The van der Waals surface area contributed by atoms with Crippen molar-refractivity contribution in [3.05, 3.63) is 46.8 Å². The lowest BCUT2D eigenvalue weighted by Gasteiger charge is -2.13. The number of nitrogens with zero attached hydrogens (tertiary/aromatic N) is 2. The first-order valence-corrected chi connectivity index (χ1v) is 8.35. The van der Waals surface area contributed by atoms with Crippen molar-refractivity contribution in [1.82, 2.24) is 4.57 Å². The maximum absolute atomic E-state index is 12.7. The smallest absolute Gasteiger partial charge is 0.283 e. The van der Waals surface area contributed by atoms with Gasteiger partial charge in [0, 0.05) is 7.05 Å². The van der Waals surface area contributed by atoms with Crippen LogP contribution in [0.2, 0.25) is 0 Å². The van der Waals surface area contributed by atoms with E-state index in [2.05, 4.69) is 4.99 Å². The van der Waals surface area contributed by atoms with Crippen molar-refractivity contribution in [2.24, 2.45) is 12.0 Å². The summed E-state index contributed by atoms with van der Waals surface area (Å²) in [6.45, 7) is 0. The van der Waals surface area contributed by atoms with Gasteiger partial charge in [0.25, 0.3) is 5.91 Å². The summed E-state index contributed by atoms with van der Waals surface area (Å²) in [6, 6.07) is 11.2. The van der Waals surface area contributed by atoms with Gasteiger partial charge in [0.1, 0.15) is 0 Å². The molecule has 0 spiro atoms. The highest BCUT2D eigenvalue weighted by Crippen LogP contribution is 2.39. The molecule has 2 aromatic carbocycles. The molecule has 0 N–H and O–H groups in total. The van der Waals surface area contributed by atoms with E-state index in [9.17, 15) is 4.79 Å². The molecule has 0 saturated carbocycles. The zero-order valence-corrected chi connectivity index (χ0v) is 15.2. The van der Waals surface area contributed by atoms with E-state index in [4.69, 9.17) is 14.2 Å². The summed E-state index contributed by atoms with van der Waals surface area (Å²) in [7, 11) is 6.39. The van der Waals surface area contributed by atoms with Crippen LogP contribution in [0.3, 0.4) is 0 Å². The lowest BCUT2D eigenvalue weighted by atomic mass is 10.1. The quantitative estimate of drug-likeness (QED) is 0.719. The van der Waals surface area contributed by atoms with Gasteiger partial charge in [0.2, 0.25) is 5.75 Å². The van der Waals surface area contributed by atoms with Gasteiger partial charge in [-0.1, -0.05) is 23.5 Å². The Hall–Kier alpha value is -2.80. The van der Waals surface area contributed by atoms with E-state index in [0.29, 0.717) is 27.6 Å². The lowest BCUT2D eigenvalue weighted by molar-refractivity contribution is 0.0994. The fourth-order valence-electron chi connectivity index (χ4n) is 2.61. The molecule has 3 rings (SSSR count). The van der Waals surface area contributed by atoms with Crippen LogP contribution in [-0.2, 0) is 7.05 Å². The number of fused-ring (bicyclic) bond motifs is 1. The monoisotopic (exact) mass is 358 g/mol. The van der Waals surface area contributed by atoms with Crippen LogP contribution in [0, 0.1) is 0 Å². The summed E-state index contributed by atoms with van der Waals surface area (Å²) < 4.78 is 18.9. The van der Waals surface area contributed by atoms with Gasteiger partial charge in [-0.3, -0.25) is 4.79 Å².